The van der Waals surface area contributed by atoms with Gasteiger partial charge in [-0.15, -0.1) is 0 Å². The molecule has 1 heterocycles. The van der Waals surface area contributed by atoms with Crippen molar-refractivity contribution in [3.8, 4) is 11.3 Å². The fourth-order valence-corrected chi connectivity index (χ4v) is 1.46. The lowest BCUT2D eigenvalue weighted by Crippen LogP contribution is -1.89. The predicted octanol–water partition coefficient (Wildman–Crippen LogP) is 2.78. The second-order valence-electron chi connectivity index (χ2n) is 3.49. The molecule has 76 valence electrons. The van der Waals surface area contributed by atoms with E-state index in [0.717, 1.165) is 16.8 Å². The standard InChI is InChI=1S/C12H11FN2/c1-8-4-9(6-10(13)5-8)12-3-2-11(14)7-15-12/h2-7H,14H2,1H3. The fraction of sp³-hybridized carbons (Fsp3) is 0.0833. The van der Waals surface area contributed by atoms with Crippen molar-refractivity contribution in [1.82, 2.24) is 4.98 Å². The Labute approximate surface area is 87.6 Å². The van der Waals surface area contributed by atoms with E-state index in [1.807, 2.05) is 13.0 Å². The number of rotatable bonds is 1. The van der Waals surface area contributed by atoms with Crippen LogP contribution in [-0.2, 0) is 0 Å². The first-order valence-corrected chi connectivity index (χ1v) is 4.64. The number of nitrogens with two attached hydrogens (primary N) is 1. The molecule has 0 amide bonds. The zero-order valence-corrected chi connectivity index (χ0v) is 8.37. The topological polar surface area (TPSA) is 38.9 Å². The van der Waals surface area contributed by atoms with Crippen LogP contribution in [0.1, 0.15) is 5.56 Å². The molecule has 2 nitrogen and oxygen atoms in total. The van der Waals surface area contributed by atoms with Crippen LogP contribution in [0.4, 0.5) is 10.1 Å². The zero-order chi connectivity index (χ0) is 10.8. The molecule has 0 radical (unpaired) electrons. The molecule has 0 saturated carbocycles. The zero-order valence-electron chi connectivity index (χ0n) is 8.37. The molecule has 0 spiro atoms. The summed E-state index contributed by atoms with van der Waals surface area (Å²) in [4.78, 5) is 4.14. The second kappa shape index (κ2) is 3.69. The Bertz CT molecular complexity index is 457. The smallest absolute Gasteiger partial charge is 0.124 e. The summed E-state index contributed by atoms with van der Waals surface area (Å²) in [6.45, 7) is 1.85. The molecule has 1 aromatic carbocycles. The van der Waals surface area contributed by atoms with E-state index in [0.29, 0.717) is 5.69 Å². The van der Waals surface area contributed by atoms with Crippen molar-refractivity contribution in [1.29, 1.82) is 0 Å². The van der Waals surface area contributed by atoms with Gasteiger partial charge in [0.1, 0.15) is 5.82 Å². The summed E-state index contributed by atoms with van der Waals surface area (Å²) in [6, 6.07) is 8.38. The fourth-order valence-electron chi connectivity index (χ4n) is 1.46. The SMILES string of the molecule is Cc1cc(F)cc(-c2ccc(N)cn2)c1. The van der Waals surface area contributed by atoms with Crippen LogP contribution in [0, 0.1) is 12.7 Å². The van der Waals surface area contributed by atoms with Gasteiger partial charge in [0.15, 0.2) is 0 Å². The molecule has 2 rings (SSSR count). The monoisotopic (exact) mass is 202 g/mol. The Morgan fingerprint density at radius 3 is 2.60 bits per heavy atom. The highest BCUT2D eigenvalue weighted by Crippen LogP contribution is 2.20. The van der Waals surface area contributed by atoms with Gasteiger partial charge in [-0.05, 0) is 42.8 Å². The number of pyridine rings is 1. The molecule has 0 aliphatic carbocycles. The van der Waals surface area contributed by atoms with Crippen molar-refractivity contribution in [2.24, 2.45) is 0 Å². The van der Waals surface area contributed by atoms with Crippen LogP contribution < -0.4 is 5.73 Å². The van der Waals surface area contributed by atoms with Crippen LogP contribution in [0.25, 0.3) is 11.3 Å². The molecule has 0 aliphatic heterocycles. The first kappa shape index (κ1) is 9.65. The van der Waals surface area contributed by atoms with E-state index in [1.54, 1.807) is 18.3 Å². The van der Waals surface area contributed by atoms with Crippen molar-refractivity contribution in [2.75, 3.05) is 5.73 Å². The molecule has 0 aliphatic rings. The van der Waals surface area contributed by atoms with E-state index >= 15 is 0 Å². The number of hydrogen-bond acceptors (Lipinski definition) is 2. The molecule has 1 aromatic heterocycles. The highest BCUT2D eigenvalue weighted by Gasteiger charge is 2.01. The van der Waals surface area contributed by atoms with Gasteiger partial charge in [-0.25, -0.2) is 4.39 Å². The minimum Gasteiger partial charge on any atom is -0.397 e. The summed E-state index contributed by atoms with van der Waals surface area (Å²) in [5.41, 5.74) is 8.51. The summed E-state index contributed by atoms with van der Waals surface area (Å²) in [5, 5.41) is 0. The maximum absolute atomic E-state index is 13.1. The average molecular weight is 202 g/mol. The molecular weight excluding hydrogens is 191 g/mol. The van der Waals surface area contributed by atoms with Crippen LogP contribution in [-0.4, -0.2) is 4.98 Å². The Morgan fingerprint density at radius 1 is 1.20 bits per heavy atom. The van der Waals surface area contributed by atoms with Crippen LogP contribution in [0.5, 0.6) is 0 Å². The number of aromatic nitrogens is 1. The molecule has 2 aromatic rings. The third-order valence-corrected chi connectivity index (χ3v) is 2.12. The van der Waals surface area contributed by atoms with Crippen LogP contribution in [0.15, 0.2) is 36.5 Å². The third kappa shape index (κ3) is 2.13. The molecule has 15 heavy (non-hydrogen) atoms. The summed E-state index contributed by atoms with van der Waals surface area (Å²) in [6.07, 6.45) is 1.57. The van der Waals surface area contributed by atoms with Crippen LogP contribution in [0.3, 0.4) is 0 Å². The maximum atomic E-state index is 13.1. The molecule has 2 N–H and O–H groups in total. The van der Waals surface area contributed by atoms with E-state index in [1.165, 1.54) is 12.1 Å². The van der Waals surface area contributed by atoms with E-state index in [2.05, 4.69) is 4.98 Å². The van der Waals surface area contributed by atoms with Crippen molar-refractivity contribution < 1.29 is 4.39 Å². The minimum atomic E-state index is -0.247. The van der Waals surface area contributed by atoms with E-state index in [9.17, 15) is 4.39 Å². The van der Waals surface area contributed by atoms with Gasteiger partial charge in [-0.3, -0.25) is 4.98 Å². The van der Waals surface area contributed by atoms with Gasteiger partial charge in [0.25, 0.3) is 0 Å². The highest BCUT2D eigenvalue weighted by molar-refractivity contribution is 5.61. The quantitative estimate of drug-likeness (QED) is 0.772. The van der Waals surface area contributed by atoms with Gasteiger partial charge in [-0.1, -0.05) is 0 Å². The number of aryl methyl sites for hydroxylation is 1. The normalized spacial score (nSPS) is 10.3. The number of nitrogen functional groups attached to an aromatic ring is 1. The first-order chi connectivity index (χ1) is 7.15. The van der Waals surface area contributed by atoms with Crippen molar-refractivity contribution in [3.05, 3.63) is 47.9 Å². The molecule has 0 atom stereocenters. The number of hydrogen-bond donors (Lipinski definition) is 1. The molecule has 0 fully saturated rings. The largest absolute Gasteiger partial charge is 0.397 e. The Balaban J connectivity index is 2.49. The van der Waals surface area contributed by atoms with E-state index in [-0.39, 0.29) is 5.82 Å². The Morgan fingerprint density at radius 2 is 2.00 bits per heavy atom. The van der Waals surface area contributed by atoms with E-state index < -0.39 is 0 Å². The molecule has 0 unspecified atom stereocenters. The number of nitrogens with zero attached hydrogens (tertiary/aromatic N) is 1. The van der Waals surface area contributed by atoms with Crippen LogP contribution >= 0.6 is 0 Å². The van der Waals surface area contributed by atoms with Gasteiger partial charge in [-0.2, -0.15) is 0 Å². The third-order valence-electron chi connectivity index (χ3n) is 2.12. The Kier molecular flexibility index (Phi) is 2.37. The van der Waals surface area contributed by atoms with Gasteiger partial charge < -0.3 is 5.73 Å². The molecule has 3 heteroatoms. The Hall–Kier alpha value is -1.90. The summed E-state index contributed by atoms with van der Waals surface area (Å²) < 4.78 is 13.1. The summed E-state index contributed by atoms with van der Waals surface area (Å²) >= 11 is 0. The molecule has 0 saturated heterocycles. The van der Waals surface area contributed by atoms with Crippen LogP contribution in [0.2, 0.25) is 0 Å². The van der Waals surface area contributed by atoms with Gasteiger partial charge in [0.2, 0.25) is 0 Å². The minimum absolute atomic E-state index is 0.247. The number of benzene rings is 1. The van der Waals surface area contributed by atoms with Gasteiger partial charge in [0.05, 0.1) is 17.6 Å². The molecular formula is C12H11FN2. The summed E-state index contributed by atoms with van der Waals surface area (Å²) in [5.74, 6) is -0.247. The lowest BCUT2D eigenvalue weighted by Gasteiger charge is -2.03. The molecule has 0 bridgehead atoms. The average Bonchev–Trinajstić information content (AvgIpc) is 2.17. The second-order valence-corrected chi connectivity index (χ2v) is 3.49. The van der Waals surface area contributed by atoms with E-state index in [4.69, 9.17) is 5.73 Å². The number of anilines is 1. The van der Waals surface area contributed by atoms with Gasteiger partial charge in [0, 0.05) is 5.56 Å². The lowest BCUT2D eigenvalue weighted by atomic mass is 10.1. The van der Waals surface area contributed by atoms with Crippen molar-refractivity contribution in [3.63, 3.8) is 0 Å². The van der Waals surface area contributed by atoms with Crippen molar-refractivity contribution >= 4 is 5.69 Å². The highest BCUT2D eigenvalue weighted by atomic mass is 19.1. The number of halogens is 1. The maximum Gasteiger partial charge on any atom is 0.124 e. The van der Waals surface area contributed by atoms with Gasteiger partial charge >= 0.3 is 0 Å². The van der Waals surface area contributed by atoms with Crippen molar-refractivity contribution in [2.45, 2.75) is 6.92 Å². The lowest BCUT2D eigenvalue weighted by molar-refractivity contribution is 0.627. The first-order valence-electron chi connectivity index (χ1n) is 4.64. The summed E-state index contributed by atoms with van der Waals surface area (Å²) in [7, 11) is 0. The predicted molar refractivity (Wildman–Crippen MR) is 58.8 cm³/mol.